The molecule has 1 aliphatic rings. The maximum atomic E-state index is 9.16. The average Bonchev–Trinajstić information content (AvgIpc) is 2.38. The van der Waals surface area contributed by atoms with Gasteiger partial charge >= 0.3 is 0 Å². The summed E-state index contributed by atoms with van der Waals surface area (Å²) in [7, 11) is 0. The lowest BCUT2D eigenvalue weighted by Crippen LogP contribution is -2.33. The third kappa shape index (κ3) is 3.30. The largest absolute Gasteiger partial charge is 0.370 e. The van der Waals surface area contributed by atoms with Gasteiger partial charge in [-0.2, -0.15) is 5.26 Å². The minimum Gasteiger partial charge on any atom is -0.370 e. The Balaban J connectivity index is 1.99. The number of nitriles is 1. The quantitative estimate of drug-likeness (QED) is 0.651. The fourth-order valence-electron chi connectivity index (χ4n) is 2.31. The lowest BCUT2D eigenvalue weighted by molar-refractivity contribution is 0.226. The monoisotopic (exact) mass is 270 g/mol. The molecule has 1 aromatic carbocycles. The molecule has 0 heterocycles. The molecule has 2 rings (SSSR count). The van der Waals surface area contributed by atoms with Gasteiger partial charge in [0, 0.05) is 5.69 Å². The highest BCUT2D eigenvalue weighted by Gasteiger charge is 2.36. The third-order valence-electron chi connectivity index (χ3n) is 3.93. The number of nitrogens with one attached hydrogen (secondary N) is 1. The molecule has 3 N–H and O–H groups in total. The van der Waals surface area contributed by atoms with Gasteiger partial charge in [0.15, 0.2) is 5.96 Å². The Bertz CT molecular complexity index is 536. The van der Waals surface area contributed by atoms with Crippen molar-refractivity contribution in [2.75, 3.05) is 11.9 Å². The van der Waals surface area contributed by atoms with Gasteiger partial charge in [-0.15, -0.1) is 0 Å². The minimum atomic E-state index is -0.272. The van der Waals surface area contributed by atoms with Crippen LogP contribution in [0.1, 0.15) is 44.6 Å². The summed E-state index contributed by atoms with van der Waals surface area (Å²) >= 11 is 0. The van der Waals surface area contributed by atoms with Gasteiger partial charge in [-0.3, -0.25) is 4.99 Å². The number of hydrogen-bond acceptors (Lipinski definition) is 2. The molecule has 0 atom stereocenters. The van der Waals surface area contributed by atoms with Crippen molar-refractivity contribution >= 4 is 11.6 Å². The molecule has 1 aromatic rings. The zero-order valence-corrected chi connectivity index (χ0v) is 12.2. The highest BCUT2D eigenvalue weighted by molar-refractivity contribution is 5.92. The van der Waals surface area contributed by atoms with Crippen molar-refractivity contribution < 1.29 is 0 Å². The first kappa shape index (κ1) is 14.4. The van der Waals surface area contributed by atoms with Gasteiger partial charge in [0.25, 0.3) is 0 Å². The Morgan fingerprint density at radius 2 is 2.25 bits per heavy atom. The lowest BCUT2D eigenvalue weighted by atomic mass is 9.70. The molecule has 0 amide bonds. The van der Waals surface area contributed by atoms with Gasteiger partial charge in [-0.05, 0) is 36.5 Å². The van der Waals surface area contributed by atoms with Crippen molar-refractivity contribution in [2.45, 2.75) is 39.0 Å². The molecule has 1 aliphatic carbocycles. The first-order valence-corrected chi connectivity index (χ1v) is 7.13. The summed E-state index contributed by atoms with van der Waals surface area (Å²) in [5.74, 6) is 0.860. The second-order valence-electron chi connectivity index (χ2n) is 5.85. The second kappa shape index (κ2) is 5.96. The summed E-state index contributed by atoms with van der Waals surface area (Å²) in [6.07, 6.45) is 2.99. The van der Waals surface area contributed by atoms with E-state index in [9.17, 15) is 0 Å². The van der Waals surface area contributed by atoms with E-state index < -0.39 is 0 Å². The molecular weight excluding hydrogens is 248 g/mol. The second-order valence-corrected chi connectivity index (χ2v) is 5.85. The third-order valence-corrected chi connectivity index (χ3v) is 3.93. The van der Waals surface area contributed by atoms with E-state index >= 15 is 0 Å². The van der Waals surface area contributed by atoms with Gasteiger partial charge in [0.1, 0.15) is 0 Å². The van der Waals surface area contributed by atoms with Crippen LogP contribution in [0.4, 0.5) is 5.69 Å². The summed E-state index contributed by atoms with van der Waals surface area (Å²) in [4.78, 5) is 4.32. The van der Waals surface area contributed by atoms with E-state index in [0.717, 1.165) is 24.9 Å². The van der Waals surface area contributed by atoms with Crippen LogP contribution in [-0.4, -0.2) is 12.5 Å². The van der Waals surface area contributed by atoms with E-state index in [1.54, 1.807) is 0 Å². The molecule has 0 spiro atoms. The molecule has 1 saturated carbocycles. The van der Waals surface area contributed by atoms with Crippen LogP contribution in [0.15, 0.2) is 29.3 Å². The van der Waals surface area contributed by atoms with Crippen molar-refractivity contribution in [1.82, 2.24) is 0 Å². The van der Waals surface area contributed by atoms with Gasteiger partial charge in [0.05, 0.1) is 18.0 Å². The van der Waals surface area contributed by atoms with Gasteiger partial charge < -0.3 is 11.1 Å². The number of aliphatic imine (C=N–C) groups is 1. The molecule has 0 saturated heterocycles. The molecule has 20 heavy (non-hydrogen) atoms. The number of nitrogens with two attached hydrogens (primary N) is 1. The fourth-order valence-corrected chi connectivity index (χ4v) is 2.31. The van der Waals surface area contributed by atoms with Crippen LogP contribution in [-0.2, 0) is 0 Å². The molecular formula is C16H22N4. The van der Waals surface area contributed by atoms with E-state index in [2.05, 4.69) is 42.4 Å². The number of anilines is 1. The van der Waals surface area contributed by atoms with Crippen molar-refractivity contribution in [2.24, 2.45) is 16.1 Å². The predicted octanol–water partition coefficient (Wildman–Crippen LogP) is 3.23. The minimum absolute atomic E-state index is 0.272. The molecule has 4 nitrogen and oxygen atoms in total. The maximum Gasteiger partial charge on any atom is 0.193 e. The smallest absolute Gasteiger partial charge is 0.193 e. The topological polar surface area (TPSA) is 74.2 Å². The molecule has 1 fully saturated rings. The van der Waals surface area contributed by atoms with Crippen molar-refractivity contribution in [1.29, 1.82) is 5.26 Å². The number of nitrogens with zero attached hydrogens (tertiary/aromatic N) is 2. The van der Waals surface area contributed by atoms with Crippen LogP contribution in [0.25, 0.3) is 0 Å². The SMILES string of the molecule is CC(C)c1cccc(NC(N)=NCC2(C#N)CCC2)c1. The van der Waals surface area contributed by atoms with Crippen LogP contribution in [0.2, 0.25) is 0 Å². The van der Waals surface area contributed by atoms with Crippen molar-refractivity contribution in [3.63, 3.8) is 0 Å². The normalized spacial score (nSPS) is 17.4. The standard InChI is InChI=1S/C16H22N4/c1-12(2)13-5-3-6-14(9-13)20-15(18)19-11-16(10-17)7-4-8-16/h3,5-6,9,12H,4,7-8,11H2,1-2H3,(H3,18,19,20). The molecule has 0 aliphatic heterocycles. The van der Waals surface area contributed by atoms with E-state index in [-0.39, 0.29) is 5.41 Å². The van der Waals surface area contributed by atoms with Crippen molar-refractivity contribution in [3.8, 4) is 6.07 Å². The van der Waals surface area contributed by atoms with Crippen LogP contribution in [0.3, 0.4) is 0 Å². The average molecular weight is 270 g/mol. The molecule has 106 valence electrons. The Morgan fingerprint density at radius 3 is 2.80 bits per heavy atom. The highest BCUT2D eigenvalue weighted by atomic mass is 15.1. The van der Waals surface area contributed by atoms with Gasteiger partial charge in [-0.1, -0.05) is 32.4 Å². The molecule has 4 heteroatoms. The molecule has 0 bridgehead atoms. The van der Waals surface area contributed by atoms with Crippen LogP contribution in [0, 0.1) is 16.7 Å². The van der Waals surface area contributed by atoms with Crippen LogP contribution >= 0.6 is 0 Å². The molecule has 0 aromatic heterocycles. The Hall–Kier alpha value is -2.02. The number of benzene rings is 1. The number of guanidine groups is 1. The highest BCUT2D eigenvalue weighted by Crippen LogP contribution is 2.40. The Morgan fingerprint density at radius 1 is 1.50 bits per heavy atom. The van der Waals surface area contributed by atoms with E-state index in [0.29, 0.717) is 18.4 Å². The van der Waals surface area contributed by atoms with Gasteiger partial charge in [-0.25, -0.2) is 0 Å². The van der Waals surface area contributed by atoms with Crippen LogP contribution < -0.4 is 11.1 Å². The Labute approximate surface area is 120 Å². The van der Waals surface area contributed by atoms with Crippen LogP contribution in [0.5, 0.6) is 0 Å². The summed E-state index contributed by atoms with van der Waals surface area (Å²) in [6.45, 7) is 4.81. The molecule has 0 radical (unpaired) electrons. The first-order valence-electron chi connectivity index (χ1n) is 7.13. The first-order chi connectivity index (χ1) is 9.54. The zero-order valence-electron chi connectivity index (χ0n) is 12.2. The Kier molecular flexibility index (Phi) is 4.29. The summed E-state index contributed by atoms with van der Waals surface area (Å²) in [5, 5.41) is 12.3. The van der Waals surface area contributed by atoms with E-state index in [1.165, 1.54) is 5.56 Å². The maximum absolute atomic E-state index is 9.16. The van der Waals surface area contributed by atoms with Crippen molar-refractivity contribution in [3.05, 3.63) is 29.8 Å². The number of hydrogen-bond donors (Lipinski definition) is 2. The van der Waals surface area contributed by atoms with E-state index in [1.807, 2.05) is 12.1 Å². The molecule has 0 unspecified atom stereocenters. The summed E-state index contributed by atoms with van der Waals surface area (Å²) < 4.78 is 0. The fraction of sp³-hybridized carbons (Fsp3) is 0.500. The number of rotatable bonds is 4. The van der Waals surface area contributed by atoms with E-state index in [4.69, 9.17) is 11.0 Å². The lowest BCUT2D eigenvalue weighted by Gasteiger charge is -2.33. The van der Waals surface area contributed by atoms with Gasteiger partial charge in [0.2, 0.25) is 0 Å². The summed E-state index contributed by atoms with van der Waals surface area (Å²) in [5.41, 5.74) is 7.83. The zero-order chi connectivity index (χ0) is 14.6. The predicted molar refractivity (Wildman–Crippen MR) is 82.5 cm³/mol. The summed E-state index contributed by atoms with van der Waals surface area (Å²) in [6, 6.07) is 10.5.